The fourth-order valence-corrected chi connectivity index (χ4v) is 3.83. The molecule has 12 heteroatoms. The molecule has 0 aliphatic carbocycles. The number of imidazole rings is 1. The van der Waals surface area contributed by atoms with E-state index in [1.807, 2.05) is 12.1 Å². The number of nitro groups is 1. The number of halogens is 1. The minimum absolute atomic E-state index is 0.0831. The van der Waals surface area contributed by atoms with E-state index in [1.54, 1.807) is 29.8 Å². The zero-order chi connectivity index (χ0) is 20.7. The average molecular weight is 432 g/mol. The zero-order valence-electron chi connectivity index (χ0n) is 15.3. The number of anilines is 1. The largest absolute Gasteiger partial charge is 0.312 e. The Bertz CT molecular complexity index is 1210. The second-order valence-electron chi connectivity index (χ2n) is 6.25. The molecule has 0 saturated carbocycles. The van der Waals surface area contributed by atoms with Crippen molar-refractivity contribution in [3.05, 3.63) is 57.0 Å². The topological polar surface area (TPSA) is 120 Å². The highest BCUT2D eigenvalue weighted by atomic mass is 35.5. The number of hydrogen-bond acceptors (Lipinski definition) is 7. The molecule has 0 unspecified atom stereocenters. The summed E-state index contributed by atoms with van der Waals surface area (Å²) in [4.78, 5) is 28.0. The molecule has 0 atom stereocenters. The maximum Gasteiger partial charge on any atom is 0.312 e. The number of benzene rings is 1. The number of fused-ring (bicyclic) bond motifs is 1. The van der Waals surface area contributed by atoms with Gasteiger partial charge in [0.2, 0.25) is 16.0 Å². The number of amides is 1. The molecule has 0 saturated heterocycles. The first-order valence-corrected chi connectivity index (χ1v) is 9.61. The first kappa shape index (κ1) is 19.0. The number of aryl methyl sites for hydroxylation is 1. The molecule has 4 aromatic rings. The highest BCUT2D eigenvalue weighted by Gasteiger charge is 2.23. The molecule has 29 heavy (non-hydrogen) atoms. The van der Waals surface area contributed by atoms with Crippen LogP contribution in [-0.4, -0.2) is 35.2 Å². The molecular weight excluding hydrogens is 418 g/mol. The third-order valence-corrected chi connectivity index (χ3v) is 5.34. The van der Waals surface area contributed by atoms with Crippen molar-refractivity contribution in [2.24, 2.45) is 0 Å². The van der Waals surface area contributed by atoms with Crippen molar-refractivity contribution in [2.45, 2.75) is 20.4 Å². The van der Waals surface area contributed by atoms with Gasteiger partial charge in [-0.05, 0) is 26.0 Å². The van der Waals surface area contributed by atoms with Crippen LogP contribution in [0.3, 0.4) is 0 Å². The van der Waals surface area contributed by atoms with Gasteiger partial charge in [-0.1, -0.05) is 35.1 Å². The lowest BCUT2D eigenvalue weighted by Gasteiger charge is -2.03. The molecule has 0 aliphatic heterocycles. The van der Waals surface area contributed by atoms with E-state index in [-0.39, 0.29) is 23.8 Å². The maximum atomic E-state index is 12.3. The monoisotopic (exact) mass is 431 g/mol. The van der Waals surface area contributed by atoms with Gasteiger partial charge >= 0.3 is 5.69 Å². The molecule has 4 rings (SSSR count). The minimum atomic E-state index is -0.500. The summed E-state index contributed by atoms with van der Waals surface area (Å²) in [6.45, 7) is 2.94. The first-order valence-electron chi connectivity index (χ1n) is 8.42. The maximum absolute atomic E-state index is 12.3. The standard InChI is InChI=1S/C17H14ClN7O3S/c1-9-15(25(27)28)10(2)23(21-9)8-14(26)20-16-22-24-7-13(19-17(24)29-16)11-3-5-12(18)6-4-11/h3-7H,8H2,1-2H3,(H,20,22,26). The summed E-state index contributed by atoms with van der Waals surface area (Å²) >= 11 is 7.12. The molecule has 1 amide bonds. The van der Waals surface area contributed by atoms with Gasteiger partial charge in [-0.25, -0.2) is 9.50 Å². The first-order chi connectivity index (χ1) is 13.8. The van der Waals surface area contributed by atoms with Gasteiger partial charge in [0.1, 0.15) is 17.9 Å². The average Bonchev–Trinajstić information content (AvgIpc) is 3.27. The van der Waals surface area contributed by atoms with Crippen molar-refractivity contribution in [3.63, 3.8) is 0 Å². The summed E-state index contributed by atoms with van der Waals surface area (Å²) in [5.74, 6) is -0.388. The van der Waals surface area contributed by atoms with E-state index in [2.05, 4.69) is 20.5 Å². The van der Waals surface area contributed by atoms with E-state index in [1.165, 1.54) is 22.9 Å². The number of aromatic nitrogens is 5. The molecule has 0 fully saturated rings. The van der Waals surface area contributed by atoms with Crippen molar-refractivity contribution >= 4 is 44.6 Å². The number of carbonyl (C=O) groups excluding carboxylic acids is 1. The molecule has 148 valence electrons. The van der Waals surface area contributed by atoms with Gasteiger partial charge in [-0.3, -0.25) is 24.9 Å². The van der Waals surface area contributed by atoms with E-state index in [0.717, 1.165) is 11.3 Å². The van der Waals surface area contributed by atoms with Crippen molar-refractivity contribution in [1.29, 1.82) is 0 Å². The van der Waals surface area contributed by atoms with Crippen LogP contribution in [0.5, 0.6) is 0 Å². The molecule has 0 radical (unpaired) electrons. The molecule has 1 aromatic carbocycles. The van der Waals surface area contributed by atoms with Crippen LogP contribution in [0, 0.1) is 24.0 Å². The fourth-order valence-electron chi connectivity index (χ4n) is 2.91. The highest BCUT2D eigenvalue weighted by molar-refractivity contribution is 7.20. The quantitative estimate of drug-likeness (QED) is 0.381. The molecule has 10 nitrogen and oxygen atoms in total. The van der Waals surface area contributed by atoms with Crippen LogP contribution < -0.4 is 5.32 Å². The summed E-state index contributed by atoms with van der Waals surface area (Å²) in [5, 5.41) is 23.1. The molecule has 0 spiro atoms. The third kappa shape index (κ3) is 3.69. The molecule has 1 N–H and O–H groups in total. The Morgan fingerprint density at radius 2 is 2.00 bits per heavy atom. The highest BCUT2D eigenvalue weighted by Crippen LogP contribution is 2.26. The summed E-state index contributed by atoms with van der Waals surface area (Å²) in [5.41, 5.74) is 2.16. The van der Waals surface area contributed by atoms with Crippen molar-refractivity contribution in [2.75, 3.05) is 5.32 Å². The Kier molecular flexibility index (Phi) is 4.76. The number of nitrogens with one attached hydrogen (secondary N) is 1. The summed E-state index contributed by atoms with van der Waals surface area (Å²) in [6.07, 6.45) is 1.76. The van der Waals surface area contributed by atoms with Crippen LogP contribution in [0.15, 0.2) is 30.5 Å². The Morgan fingerprint density at radius 3 is 2.62 bits per heavy atom. The predicted molar refractivity (Wildman–Crippen MR) is 108 cm³/mol. The Morgan fingerprint density at radius 1 is 1.28 bits per heavy atom. The van der Waals surface area contributed by atoms with Gasteiger partial charge in [0, 0.05) is 10.6 Å². The van der Waals surface area contributed by atoms with Gasteiger partial charge < -0.3 is 0 Å². The number of rotatable bonds is 5. The lowest BCUT2D eigenvalue weighted by atomic mass is 10.2. The summed E-state index contributed by atoms with van der Waals surface area (Å²) < 4.78 is 2.89. The SMILES string of the molecule is Cc1nn(CC(=O)Nc2nn3cc(-c4ccc(Cl)cc4)nc3s2)c(C)c1[N+](=O)[O-]. The van der Waals surface area contributed by atoms with Crippen molar-refractivity contribution in [3.8, 4) is 11.3 Å². The molecular formula is C17H14ClN7O3S. The summed E-state index contributed by atoms with van der Waals surface area (Å²) in [7, 11) is 0. The van der Waals surface area contributed by atoms with Crippen LogP contribution in [0.2, 0.25) is 5.02 Å². The number of hydrogen-bond donors (Lipinski definition) is 1. The Labute approximate surface area is 172 Å². The molecule has 3 heterocycles. The van der Waals surface area contributed by atoms with Crippen LogP contribution in [0.4, 0.5) is 10.8 Å². The van der Waals surface area contributed by atoms with E-state index in [0.29, 0.717) is 20.8 Å². The fraction of sp³-hybridized carbons (Fsp3) is 0.176. The second kappa shape index (κ2) is 7.26. The van der Waals surface area contributed by atoms with Crippen molar-refractivity contribution < 1.29 is 9.72 Å². The summed E-state index contributed by atoms with van der Waals surface area (Å²) in [6, 6.07) is 7.30. The zero-order valence-corrected chi connectivity index (χ0v) is 16.9. The predicted octanol–water partition coefficient (Wildman–Crippen LogP) is 3.47. The van der Waals surface area contributed by atoms with Crippen LogP contribution in [0.25, 0.3) is 16.2 Å². The van der Waals surface area contributed by atoms with Gasteiger partial charge in [0.15, 0.2) is 0 Å². The molecule has 0 aliphatic rings. The number of nitrogens with zero attached hydrogens (tertiary/aromatic N) is 6. The van der Waals surface area contributed by atoms with Gasteiger partial charge in [-0.2, -0.15) is 5.10 Å². The van der Waals surface area contributed by atoms with E-state index in [9.17, 15) is 14.9 Å². The van der Waals surface area contributed by atoms with Crippen LogP contribution >= 0.6 is 22.9 Å². The van der Waals surface area contributed by atoms with E-state index >= 15 is 0 Å². The van der Waals surface area contributed by atoms with Crippen LogP contribution in [-0.2, 0) is 11.3 Å². The van der Waals surface area contributed by atoms with Gasteiger partial charge in [-0.15, -0.1) is 5.10 Å². The van der Waals surface area contributed by atoms with Gasteiger partial charge in [0.25, 0.3) is 0 Å². The normalized spacial score (nSPS) is 11.1. The van der Waals surface area contributed by atoms with Gasteiger partial charge in [0.05, 0.1) is 16.8 Å². The third-order valence-electron chi connectivity index (χ3n) is 4.25. The second-order valence-corrected chi connectivity index (χ2v) is 7.64. The Hall–Kier alpha value is -3.31. The van der Waals surface area contributed by atoms with E-state index < -0.39 is 4.92 Å². The molecule has 0 bridgehead atoms. The van der Waals surface area contributed by atoms with Crippen molar-refractivity contribution in [1.82, 2.24) is 24.4 Å². The van der Waals surface area contributed by atoms with E-state index in [4.69, 9.17) is 11.6 Å². The number of carbonyl (C=O) groups is 1. The Balaban J connectivity index is 1.49. The lowest BCUT2D eigenvalue weighted by molar-refractivity contribution is -0.386. The molecule has 3 aromatic heterocycles. The van der Waals surface area contributed by atoms with Crippen LogP contribution in [0.1, 0.15) is 11.4 Å². The smallest absolute Gasteiger partial charge is 0.299 e. The lowest BCUT2D eigenvalue weighted by Crippen LogP contribution is -2.20. The minimum Gasteiger partial charge on any atom is -0.299 e.